The molecule has 0 fully saturated rings. The van der Waals surface area contributed by atoms with E-state index in [0.29, 0.717) is 12.2 Å². The second-order valence-corrected chi connectivity index (χ2v) is 6.22. The predicted octanol–water partition coefficient (Wildman–Crippen LogP) is 1.99. The molecule has 0 unspecified atom stereocenters. The number of unbranched alkanes of at least 4 members (excludes halogenated alkanes) is 1. The van der Waals surface area contributed by atoms with Gasteiger partial charge in [0, 0.05) is 18.3 Å². The van der Waals surface area contributed by atoms with E-state index in [1.54, 1.807) is 30.3 Å². The van der Waals surface area contributed by atoms with Crippen LogP contribution in [0.5, 0.6) is 0 Å². The highest BCUT2D eigenvalue weighted by atomic mass is 32.2. The van der Waals surface area contributed by atoms with Gasteiger partial charge < -0.3 is 5.32 Å². The smallest absolute Gasteiger partial charge is 0.243 e. The summed E-state index contributed by atoms with van der Waals surface area (Å²) in [7, 11) is -3.26. The molecule has 6 heteroatoms. The second-order valence-electron chi connectivity index (χ2n) is 4.47. The summed E-state index contributed by atoms with van der Waals surface area (Å²) >= 11 is 0. The van der Waals surface area contributed by atoms with E-state index in [-0.39, 0.29) is 5.91 Å². The van der Waals surface area contributed by atoms with Gasteiger partial charge in [0.05, 0.1) is 6.26 Å². The van der Waals surface area contributed by atoms with Crippen molar-refractivity contribution in [2.45, 2.75) is 19.8 Å². The number of benzene rings is 1. The van der Waals surface area contributed by atoms with E-state index in [2.05, 4.69) is 17.0 Å². The normalized spacial score (nSPS) is 11.5. The Bertz CT molecular complexity index is 563. The molecule has 0 atom stereocenters. The van der Waals surface area contributed by atoms with Crippen molar-refractivity contribution in [1.29, 1.82) is 0 Å². The molecule has 0 bridgehead atoms. The average molecular weight is 296 g/mol. The molecule has 0 aliphatic rings. The van der Waals surface area contributed by atoms with Crippen LogP contribution in [0.2, 0.25) is 0 Å². The third-order valence-corrected chi connectivity index (χ3v) is 3.08. The number of hydrogen-bond acceptors (Lipinski definition) is 3. The van der Waals surface area contributed by atoms with Crippen molar-refractivity contribution in [2.75, 3.05) is 17.5 Å². The number of anilines is 1. The SMILES string of the molecule is CCCCNC(=O)/C=C/c1ccc(NS(C)(=O)=O)cc1. The molecular weight excluding hydrogens is 276 g/mol. The molecule has 2 N–H and O–H groups in total. The van der Waals surface area contributed by atoms with Crippen molar-refractivity contribution in [1.82, 2.24) is 5.32 Å². The largest absolute Gasteiger partial charge is 0.353 e. The van der Waals surface area contributed by atoms with E-state index in [0.717, 1.165) is 24.7 Å². The van der Waals surface area contributed by atoms with E-state index in [9.17, 15) is 13.2 Å². The summed E-state index contributed by atoms with van der Waals surface area (Å²) in [5.41, 5.74) is 1.33. The van der Waals surface area contributed by atoms with Gasteiger partial charge in [-0.15, -0.1) is 0 Å². The lowest BCUT2D eigenvalue weighted by atomic mass is 10.2. The minimum absolute atomic E-state index is 0.128. The molecule has 0 saturated carbocycles. The molecule has 1 amide bonds. The monoisotopic (exact) mass is 296 g/mol. The molecule has 110 valence electrons. The van der Waals surface area contributed by atoms with Gasteiger partial charge in [-0.2, -0.15) is 0 Å². The maximum atomic E-state index is 11.5. The van der Waals surface area contributed by atoms with E-state index >= 15 is 0 Å². The molecule has 0 aliphatic heterocycles. The first kappa shape index (κ1) is 16.2. The fraction of sp³-hybridized carbons (Fsp3) is 0.357. The number of hydrogen-bond donors (Lipinski definition) is 2. The minimum Gasteiger partial charge on any atom is -0.353 e. The summed E-state index contributed by atoms with van der Waals surface area (Å²) in [6.07, 6.45) is 6.26. The Hall–Kier alpha value is -1.82. The summed E-state index contributed by atoms with van der Waals surface area (Å²) in [6.45, 7) is 2.74. The topological polar surface area (TPSA) is 75.3 Å². The molecule has 0 heterocycles. The Balaban J connectivity index is 2.54. The average Bonchev–Trinajstić information content (AvgIpc) is 2.36. The first-order valence-electron chi connectivity index (χ1n) is 6.44. The molecule has 20 heavy (non-hydrogen) atoms. The summed E-state index contributed by atoms with van der Waals surface area (Å²) in [5, 5.41) is 2.78. The van der Waals surface area contributed by atoms with Gasteiger partial charge in [-0.3, -0.25) is 9.52 Å². The van der Waals surface area contributed by atoms with Crippen molar-refractivity contribution >= 4 is 27.7 Å². The van der Waals surface area contributed by atoms with Gasteiger partial charge in [0.2, 0.25) is 15.9 Å². The molecular formula is C14H20N2O3S. The number of amides is 1. The van der Waals surface area contributed by atoms with Gasteiger partial charge in [-0.1, -0.05) is 25.5 Å². The number of rotatable bonds is 7. The van der Waals surface area contributed by atoms with Crippen LogP contribution in [-0.2, 0) is 14.8 Å². The van der Waals surface area contributed by atoms with Crippen molar-refractivity contribution < 1.29 is 13.2 Å². The van der Waals surface area contributed by atoms with Crippen LogP contribution in [0.15, 0.2) is 30.3 Å². The Kier molecular flexibility index (Phi) is 6.24. The number of carbonyl (C=O) groups excluding carboxylic acids is 1. The minimum atomic E-state index is -3.26. The zero-order chi connectivity index (χ0) is 15.0. The summed E-state index contributed by atoms with van der Waals surface area (Å²) in [6, 6.07) is 6.78. The Morgan fingerprint density at radius 1 is 1.25 bits per heavy atom. The van der Waals surface area contributed by atoms with Crippen molar-refractivity contribution in [3.63, 3.8) is 0 Å². The third kappa shape index (κ3) is 6.94. The van der Waals surface area contributed by atoms with Gasteiger partial charge in [-0.05, 0) is 30.2 Å². The lowest BCUT2D eigenvalue weighted by molar-refractivity contribution is -0.116. The second kappa shape index (κ2) is 7.69. The standard InChI is InChI=1S/C14H20N2O3S/c1-3-4-11-15-14(17)10-7-12-5-8-13(9-6-12)16-20(2,18)19/h5-10,16H,3-4,11H2,1-2H3,(H,15,17)/b10-7+. The van der Waals surface area contributed by atoms with Gasteiger partial charge in [-0.25, -0.2) is 8.42 Å². The maximum absolute atomic E-state index is 11.5. The Morgan fingerprint density at radius 3 is 2.45 bits per heavy atom. The van der Waals surface area contributed by atoms with Crippen molar-refractivity contribution in [2.24, 2.45) is 0 Å². The van der Waals surface area contributed by atoms with E-state index < -0.39 is 10.0 Å². The van der Waals surface area contributed by atoms with Crippen LogP contribution in [0, 0.1) is 0 Å². The molecule has 0 saturated heterocycles. The van der Waals surface area contributed by atoms with Gasteiger partial charge in [0.15, 0.2) is 0 Å². The molecule has 0 spiro atoms. The van der Waals surface area contributed by atoms with Crippen molar-refractivity contribution in [3.8, 4) is 0 Å². The van der Waals surface area contributed by atoms with E-state index in [4.69, 9.17) is 0 Å². The van der Waals surface area contributed by atoms with Crippen LogP contribution in [-0.4, -0.2) is 27.1 Å². The number of sulfonamides is 1. The summed E-state index contributed by atoms with van der Waals surface area (Å²) < 4.78 is 24.5. The van der Waals surface area contributed by atoms with Crippen LogP contribution < -0.4 is 10.0 Å². The molecule has 1 aromatic rings. The van der Waals surface area contributed by atoms with Crippen LogP contribution >= 0.6 is 0 Å². The quantitative estimate of drug-likeness (QED) is 0.597. The van der Waals surface area contributed by atoms with Crippen LogP contribution in [0.25, 0.3) is 6.08 Å². The first-order chi connectivity index (χ1) is 9.40. The number of carbonyl (C=O) groups is 1. The van der Waals surface area contributed by atoms with Crippen molar-refractivity contribution in [3.05, 3.63) is 35.9 Å². The Morgan fingerprint density at radius 2 is 1.90 bits per heavy atom. The van der Waals surface area contributed by atoms with E-state index in [1.165, 1.54) is 6.08 Å². The maximum Gasteiger partial charge on any atom is 0.243 e. The molecule has 0 radical (unpaired) electrons. The molecule has 0 aromatic heterocycles. The number of nitrogens with one attached hydrogen (secondary N) is 2. The highest BCUT2D eigenvalue weighted by Crippen LogP contribution is 2.11. The third-order valence-electron chi connectivity index (χ3n) is 2.47. The van der Waals surface area contributed by atoms with Gasteiger partial charge in [0.1, 0.15) is 0 Å². The fourth-order valence-corrected chi connectivity index (χ4v) is 2.06. The zero-order valence-electron chi connectivity index (χ0n) is 11.7. The fourth-order valence-electron chi connectivity index (χ4n) is 1.50. The summed E-state index contributed by atoms with van der Waals surface area (Å²) in [5.74, 6) is -0.128. The first-order valence-corrected chi connectivity index (χ1v) is 8.33. The van der Waals surface area contributed by atoms with Crippen LogP contribution in [0.3, 0.4) is 0 Å². The van der Waals surface area contributed by atoms with Gasteiger partial charge >= 0.3 is 0 Å². The molecule has 0 aliphatic carbocycles. The zero-order valence-corrected chi connectivity index (χ0v) is 12.5. The highest BCUT2D eigenvalue weighted by Gasteiger charge is 2.00. The van der Waals surface area contributed by atoms with Gasteiger partial charge in [0.25, 0.3) is 0 Å². The predicted molar refractivity (Wildman–Crippen MR) is 81.9 cm³/mol. The van der Waals surface area contributed by atoms with Crippen LogP contribution in [0.4, 0.5) is 5.69 Å². The van der Waals surface area contributed by atoms with E-state index in [1.807, 2.05) is 0 Å². The molecule has 1 aromatic carbocycles. The summed E-state index contributed by atoms with van der Waals surface area (Å²) in [4.78, 5) is 11.5. The molecule has 5 nitrogen and oxygen atoms in total. The lowest BCUT2D eigenvalue weighted by Gasteiger charge is -2.03. The highest BCUT2D eigenvalue weighted by molar-refractivity contribution is 7.92. The Labute approximate surface area is 120 Å². The van der Waals surface area contributed by atoms with Crippen LogP contribution in [0.1, 0.15) is 25.3 Å². The molecule has 1 rings (SSSR count). The lowest BCUT2D eigenvalue weighted by Crippen LogP contribution is -2.21.